The molecule has 23 heavy (non-hydrogen) atoms. The molecule has 1 fully saturated rings. The summed E-state index contributed by atoms with van der Waals surface area (Å²) in [6.45, 7) is 8.74. The van der Waals surface area contributed by atoms with Gasteiger partial charge in [-0.1, -0.05) is 13.3 Å². The highest BCUT2D eigenvalue weighted by Gasteiger charge is 2.36. The molecule has 1 aliphatic rings. The molecule has 1 N–H and O–H groups in total. The molecule has 134 valence electrons. The summed E-state index contributed by atoms with van der Waals surface area (Å²) in [6.07, 6.45) is 4.77. The smallest absolute Gasteiger partial charge is 0.407 e. The largest absolute Gasteiger partial charge is 0.444 e. The zero-order valence-electron chi connectivity index (χ0n) is 14.9. The number of nitrogens with one attached hydrogen (secondary N) is 1. The molecule has 6 heteroatoms. The second-order valence-electron chi connectivity index (χ2n) is 7.00. The second kappa shape index (κ2) is 9.23. The molecule has 1 heterocycles. The van der Waals surface area contributed by atoms with Gasteiger partial charge in [0.25, 0.3) is 0 Å². The summed E-state index contributed by atoms with van der Waals surface area (Å²) in [5, 5.41) is 2.77. The lowest BCUT2D eigenvalue weighted by Crippen LogP contribution is -2.41. The molecule has 1 unspecified atom stereocenters. The van der Waals surface area contributed by atoms with Crippen LogP contribution in [0.1, 0.15) is 66.2 Å². The van der Waals surface area contributed by atoms with E-state index in [1.807, 2.05) is 0 Å². The van der Waals surface area contributed by atoms with Crippen LogP contribution in [0.3, 0.4) is 0 Å². The number of carbonyl (C=O) groups excluding carboxylic acids is 2. The number of carbonyl (C=O) groups is 2. The maximum absolute atomic E-state index is 11.9. The molecule has 1 rings (SSSR count). The van der Waals surface area contributed by atoms with Crippen LogP contribution < -0.4 is 5.32 Å². The molecule has 1 amide bonds. The van der Waals surface area contributed by atoms with Gasteiger partial charge in [-0.25, -0.2) is 4.79 Å². The van der Waals surface area contributed by atoms with Gasteiger partial charge < -0.3 is 24.3 Å². The standard InChI is InChI=1S/C17H31NO5/c1-5-6-9-17(21-12-13-22-17)10-7-14(8-11-19)18-15(20)23-16(2,3)4/h11,14H,5-10,12-13H2,1-4H3,(H,18,20). The van der Waals surface area contributed by atoms with Gasteiger partial charge in [0.05, 0.1) is 13.2 Å². The molecule has 1 atom stereocenters. The summed E-state index contributed by atoms with van der Waals surface area (Å²) in [5.74, 6) is -0.563. The molecule has 0 radical (unpaired) electrons. The van der Waals surface area contributed by atoms with Crippen molar-refractivity contribution in [1.29, 1.82) is 0 Å². The Balaban J connectivity index is 2.53. The van der Waals surface area contributed by atoms with Crippen molar-refractivity contribution in [2.45, 2.75) is 83.6 Å². The predicted octanol–water partition coefficient (Wildman–Crippen LogP) is 3.18. The SMILES string of the molecule is CCCCC1(CCC(CC=O)NC(=O)OC(C)(C)C)OCCO1. The highest BCUT2D eigenvalue weighted by atomic mass is 16.7. The van der Waals surface area contributed by atoms with Crippen molar-refractivity contribution in [3.05, 3.63) is 0 Å². The Morgan fingerprint density at radius 1 is 1.30 bits per heavy atom. The van der Waals surface area contributed by atoms with E-state index in [1.165, 1.54) is 0 Å². The van der Waals surface area contributed by atoms with Crippen LogP contribution in [0.2, 0.25) is 0 Å². The van der Waals surface area contributed by atoms with Crippen LogP contribution in [-0.4, -0.2) is 43.0 Å². The number of amides is 1. The van der Waals surface area contributed by atoms with E-state index in [9.17, 15) is 9.59 Å². The summed E-state index contributed by atoms with van der Waals surface area (Å²) in [4.78, 5) is 22.8. The van der Waals surface area contributed by atoms with Crippen LogP contribution in [0.25, 0.3) is 0 Å². The predicted molar refractivity (Wildman–Crippen MR) is 87.2 cm³/mol. The minimum atomic E-state index is -0.563. The van der Waals surface area contributed by atoms with Gasteiger partial charge in [-0.15, -0.1) is 0 Å². The lowest BCUT2D eigenvalue weighted by atomic mass is 9.99. The first-order valence-corrected chi connectivity index (χ1v) is 8.51. The van der Waals surface area contributed by atoms with Crippen molar-refractivity contribution in [3.63, 3.8) is 0 Å². The van der Waals surface area contributed by atoms with Crippen molar-refractivity contribution >= 4 is 12.4 Å². The fraction of sp³-hybridized carbons (Fsp3) is 0.882. The maximum Gasteiger partial charge on any atom is 0.407 e. The van der Waals surface area contributed by atoms with Crippen molar-refractivity contribution in [2.24, 2.45) is 0 Å². The van der Waals surface area contributed by atoms with Crippen LogP contribution >= 0.6 is 0 Å². The topological polar surface area (TPSA) is 73.9 Å². The third kappa shape index (κ3) is 7.79. The summed E-state index contributed by atoms with van der Waals surface area (Å²) in [5.41, 5.74) is -0.560. The Labute approximate surface area is 139 Å². The van der Waals surface area contributed by atoms with Crippen LogP contribution in [0.4, 0.5) is 4.79 Å². The molecular formula is C17H31NO5. The van der Waals surface area contributed by atoms with Crippen molar-refractivity contribution < 1.29 is 23.8 Å². The monoisotopic (exact) mass is 329 g/mol. The molecular weight excluding hydrogens is 298 g/mol. The van der Waals surface area contributed by atoms with Crippen LogP contribution in [0, 0.1) is 0 Å². The number of hydrogen-bond acceptors (Lipinski definition) is 5. The van der Waals surface area contributed by atoms with Gasteiger partial charge >= 0.3 is 6.09 Å². The zero-order valence-corrected chi connectivity index (χ0v) is 14.9. The number of unbranched alkanes of at least 4 members (excludes halogenated alkanes) is 1. The third-order valence-corrected chi connectivity index (χ3v) is 3.70. The minimum Gasteiger partial charge on any atom is -0.444 e. The third-order valence-electron chi connectivity index (χ3n) is 3.70. The molecule has 1 saturated heterocycles. The van der Waals surface area contributed by atoms with Gasteiger partial charge in [0.2, 0.25) is 0 Å². The van der Waals surface area contributed by atoms with Crippen LogP contribution in [-0.2, 0) is 19.0 Å². The molecule has 0 aliphatic carbocycles. The number of hydrogen-bond donors (Lipinski definition) is 1. The summed E-state index contributed by atoms with van der Waals surface area (Å²) in [6, 6.07) is -0.270. The van der Waals surface area contributed by atoms with Gasteiger partial charge in [-0.05, 0) is 33.6 Å². The van der Waals surface area contributed by atoms with Gasteiger partial charge in [0.15, 0.2) is 5.79 Å². The first-order chi connectivity index (χ1) is 10.8. The summed E-state index contributed by atoms with van der Waals surface area (Å²) < 4.78 is 16.9. The highest BCUT2D eigenvalue weighted by Crippen LogP contribution is 2.31. The lowest BCUT2D eigenvalue weighted by Gasteiger charge is -2.29. The Bertz CT molecular complexity index is 372. The summed E-state index contributed by atoms with van der Waals surface area (Å²) >= 11 is 0. The highest BCUT2D eigenvalue weighted by molar-refractivity contribution is 5.68. The molecule has 0 aromatic carbocycles. The van der Waals surface area contributed by atoms with Gasteiger partial charge in [-0.3, -0.25) is 0 Å². The Morgan fingerprint density at radius 3 is 2.48 bits per heavy atom. The average molecular weight is 329 g/mol. The molecule has 0 bridgehead atoms. The fourth-order valence-corrected chi connectivity index (χ4v) is 2.59. The lowest BCUT2D eigenvalue weighted by molar-refractivity contribution is -0.169. The first kappa shape index (κ1) is 19.9. The van der Waals surface area contributed by atoms with Crippen molar-refractivity contribution in [2.75, 3.05) is 13.2 Å². The number of ether oxygens (including phenoxy) is 3. The molecule has 0 saturated carbocycles. The minimum absolute atomic E-state index is 0.253. The quantitative estimate of drug-likeness (QED) is 0.658. The zero-order chi connectivity index (χ0) is 17.3. The van der Waals surface area contributed by atoms with Crippen LogP contribution in [0.5, 0.6) is 0 Å². The van der Waals surface area contributed by atoms with E-state index < -0.39 is 17.5 Å². The first-order valence-electron chi connectivity index (χ1n) is 8.51. The van der Waals surface area contributed by atoms with Crippen LogP contribution in [0.15, 0.2) is 0 Å². The number of rotatable bonds is 9. The van der Waals surface area contributed by atoms with Gasteiger partial charge in [0, 0.05) is 25.3 Å². The molecule has 1 aliphatic heterocycles. The van der Waals surface area contributed by atoms with Gasteiger partial charge in [0.1, 0.15) is 11.9 Å². The van der Waals surface area contributed by atoms with E-state index in [0.717, 1.165) is 25.5 Å². The Hall–Kier alpha value is -1.14. The van der Waals surface area contributed by atoms with E-state index in [0.29, 0.717) is 26.1 Å². The van der Waals surface area contributed by atoms with E-state index in [2.05, 4.69) is 12.2 Å². The fourth-order valence-electron chi connectivity index (χ4n) is 2.59. The van der Waals surface area contributed by atoms with E-state index in [-0.39, 0.29) is 12.5 Å². The second-order valence-corrected chi connectivity index (χ2v) is 7.00. The number of aldehydes is 1. The van der Waals surface area contributed by atoms with E-state index >= 15 is 0 Å². The molecule has 0 spiro atoms. The molecule has 0 aromatic rings. The van der Waals surface area contributed by atoms with E-state index in [4.69, 9.17) is 14.2 Å². The Kier molecular flexibility index (Phi) is 7.99. The Morgan fingerprint density at radius 2 is 1.96 bits per heavy atom. The molecule has 6 nitrogen and oxygen atoms in total. The normalized spacial score (nSPS) is 18.4. The van der Waals surface area contributed by atoms with Gasteiger partial charge in [-0.2, -0.15) is 0 Å². The average Bonchev–Trinajstić information content (AvgIpc) is 2.90. The number of alkyl carbamates (subject to hydrolysis) is 1. The van der Waals surface area contributed by atoms with E-state index in [1.54, 1.807) is 20.8 Å². The maximum atomic E-state index is 11.9. The van der Waals surface area contributed by atoms with Crippen molar-refractivity contribution in [1.82, 2.24) is 5.32 Å². The summed E-state index contributed by atoms with van der Waals surface area (Å²) in [7, 11) is 0. The van der Waals surface area contributed by atoms with Crippen molar-refractivity contribution in [3.8, 4) is 0 Å². The molecule has 0 aromatic heterocycles.